The van der Waals surface area contributed by atoms with Crippen molar-refractivity contribution in [1.29, 1.82) is 0 Å². The molecule has 4 aliphatic rings. The number of benzene rings is 1. The zero-order valence-corrected chi connectivity index (χ0v) is 24.8. The van der Waals surface area contributed by atoms with Gasteiger partial charge in [0.2, 0.25) is 0 Å². The summed E-state index contributed by atoms with van der Waals surface area (Å²) in [5.41, 5.74) is 3.79. The minimum atomic E-state index is -1.76. The van der Waals surface area contributed by atoms with E-state index in [1.165, 1.54) is 16.7 Å². The van der Waals surface area contributed by atoms with Gasteiger partial charge in [-0.05, 0) is 85.2 Å². The van der Waals surface area contributed by atoms with Gasteiger partial charge in [-0.1, -0.05) is 57.5 Å². The molecule has 1 N–H and O–H groups in total. The van der Waals surface area contributed by atoms with Crippen LogP contribution in [0.5, 0.6) is 0 Å². The lowest BCUT2D eigenvalue weighted by Crippen LogP contribution is -2.49. The Kier molecular flexibility index (Phi) is 6.77. The van der Waals surface area contributed by atoms with Gasteiger partial charge >= 0.3 is 0 Å². The lowest BCUT2D eigenvalue weighted by Gasteiger charge is -2.53. The number of Topliss-reactive ketones (excluding diaryl/α,β-unsaturated/α-hetero) is 2. The molecule has 0 bridgehead atoms. The van der Waals surface area contributed by atoms with Crippen molar-refractivity contribution in [2.24, 2.45) is 17.3 Å². The first-order valence-corrected chi connectivity index (χ1v) is 17.4. The van der Waals surface area contributed by atoms with Crippen LogP contribution in [-0.2, 0) is 20.4 Å². The fourth-order valence-electron chi connectivity index (χ4n) is 7.73. The summed E-state index contributed by atoms with van der Waals surface area (Å²) in [4.78, 5) is 25.5. The van der Waals surface area contributed by atoms with Gasteiger partial charge in [-0.3, -0.25) is 9.59 Å². The summed E-state index contributed by atoms with van der Waals surface area (Å²) >= 11 is 0. The number of aliphatic hydroxyl groups is 1. The zero-order valence-electron chi connectivity index (χ0n) is 23.8. The van der Waals surface area contributed by atoms with E-state index in [-0.39, 0.29) is 28.6 Å². The lowest BCUT2D eigenvalue weighted by atomic mass is 9.51. The van der Waals surface area contributed by atoms with Gasteiger partial charge in [0.15, 0.2) is 8.32 Å². The van der Waals surface area contributed by atoms with Crippen molar-refractivity contribution in [3.05, 3.63) is 46.5 Å². The van der Waals surface area contributed by atoms with Crippen LogP contribution in [0.25, 0.3) is 0 Å². The molecular weight excluding hydrogens is 476 g/mol. The molecule has 2 unspecified atom stereocenters. The first-order valence-electron chi connectivity index (χ1n) is 14.5. The summed E-state index contributed by atoms with van der Waals surface area (Å²) in [7, 11) is -1.76. The van der Waals surface area contributed by atoms with Crippen LogP contribution in [0.2, 0.25) is 18.1 Å². The maximum absolute atomic E-state index is 13.2. The van der Waals surface area contributed by atoms with E-state index in [1.807, 2.05) is 0 Å². The monoisotopic (exact) mass is 522 g/mol. The Labute approximate surface area is 224 Å². The van der Waals surface area contributed by atoms with Crippen LogP contribution in [0.1, 0.15) is 96.1 Å². The normalized spacial score (nSPS) is 34.3. The second kappa shape index (κ2) is 9.27. The molecule has 0 saturated heterocycles. The number of carbonyl (C=O) groups excluding carboxylic acids is 2. The third-order valence-electron chi connectivity index (χ3n) is 11.0. The van der Waals surface area contributed by atoms with Crippen LogP contribution in [0.15, 0.2) is 35.4 Å². The molecule has 0 aromatic heterocycles. The Morgan fingerprint density at radius 3 is 2.43 bits per heavy atom. The first-order chi connectivity index (χ1) is 17.3. The third-order valence-corrected chi connectivity index (χ3v) is 15.5. The molecule has 202 valence electrons. The third kappa shape index (κ3) is 4.63. The molecule has 0 aliphatic heterocycles. The summed E-state index contributed by atoms with van der Waals surface area (Å²) < 4.78 is 6.41. The maximum Gasteiger partial charge on any atom is 0.191 e. The zero-order chi connectivity index (χ0) is 26.8. The van der Waals surface area contributed by atoms with Gasteiger partial charge in [0.05, 0.1) is 5.60 Å². The molecule has 0 spiro atoms. The van der Waals surface area contributed by atoms with E-state index >= 15 is 0 Å². The van der Waals surface area contributed by atoms with Crippen LogP contribution >= 0.6 is 0 Å². The van der Waals surface area contributed by atoms with Crippen molar-refractivity contribution in [3.63, 3.8) is 0 Å². The number of hydrogen-bond acceptors (Lipinski definition) is 4. The van der Waals surface area contributed by atoms with Gasteiger partial charge in [-0.15, -0.1) is 0 Å². The minimum Gasteiger partial charge on any atom is -0.416 e. The Balaban J connectivity index is 1.44. The highest BCUT2D eigenvalue weighted by molar-refractivity contribution is 6.74. The standard InChI is InChI=1S/C32H46O4Si/c1-30(2,3)37(5,6)36-18-16-21-7-9-22(10-8-21)25-20-31(4)26(13-14-28(31)34)24-15-17-32(35)19-23(33)11-12-27(32)29(24)25/h7-10,24-26,35H,11-20H2,1-6H3/t24-,25?,26-,31-,32?/m0/s1. The van der Waals surface area contributed by atoms with Crippen molar-refractivity contribution in [1.82, 2.24) is 0 Å². The Bertz CT molecular complexity index is 1110. The predicted molar refractivity (Wildman–Crippen MR) is 150 cm³/mol. The summed E-state index contributed by atoms with van der Waals surface area (Å²) in [5, 5.41) is 11.8. The van der Waals surface area contributed by atoms with Crippen molar-refractivity contribution < 1.29 is 19.1 Å². The molecule has 3 fully saturated rings. The fourth-order valence-corrected chi connectivity index (χ4v) is 8.77. The molecule has 4 nitrogen and oxygen atoms in total. The Hall–Kier alpha value is -1.56. The summed E-state index contributed by atoms with van der Waals surface area (Å²) in [5.74, 6) is 1.46. The average molecular weight is 523 g/mol. The van der Waals surface area contributed by atoms with E-state index < -0.39 is 13.9 Å². The van der Waals surface area contributed by atoms with E-state index in [4.69, 9.17) is 4.43 Å². The number of allylic oxidation sites excluding steroid dienone is 1. The van der Waals surface area contributed by atoms with E-state index in [0.29, 0.717) is 43.3 Å². The van der Waals surface area contributed by atoms with Crippen molar-refractivity contribution >= 4 is 19.9 Å². The van der Waals surface area contributed by atoms with Crippen molar-refractivity contribution in [2.45, 2.75) is 115 Å². The first kappa shape index (κ1) is 27.0. The van der Waals surface area contributed by atoms with Gasteiger partial charge < -0.3 is 9.53 Å². The van der Waals surface area contributed by atoms with Gasteiger partial charge in [-0.25, -0.2) is 0 Å². The molecule has 1 aromatic rings. The molecule has 0 radical (unpaired) electrons. The van der Waals surface area contributed by atoms with Crippen LogP contribution in [0.3, 0.4) is 0 Å². The Morgan fingerprint density at radius 1 is 1.05 bits per heavy atom. The van der Waals surface area contributed by atoms with E-state index in [1.54, 1.807) is 0 Å². The van der Waals surface area contributed by atoms with Crippen LogP contribution in [0.4, 0.5) is 0 Å². The molecular formula is C32H46O4Si. The van der Waals surface area contributed by atoms with Gasteiger partial charge in [-0.2, -0.15) is 0 Å². The highest BCUT2D eigenvalue weighted by Crippen LogP contribution is 2.63. The summed E-state index contributed by atoms with van der Waals surface area (Å²) in [6.07, 6.45) is 6.39. The SMILES string of the molecule is CC(C)(C)[Si](C)(C)OCCc1ccc(C2C[C@]3(C)C(=O)CC[C@H]3[C@@H]3CCC4(O)CC(=O)CCC4=C23)cc1. The Morgan fingerprint density at radius 2 is 1.76 bits per heavy atom. The molecule has 5 atom stereocenters. The highest BCUT2D eigenvalue weighted by Gasteiger charge is 2.58. The van der Waals surface area contributed by atoms with Crippen molar-refractivity contribution in [2.75, 3.05) is 6.61 Å². The van der Waals surface area contributed by atoms with E-state index in [0.717, 1.165) is 37.9 Å². The topological polar surface area (TPSA) is 63.6 Å². The second-order valence-corrected chi connectivity index (χ2v) is 19.0. The van der Waals surface area contributed by atoms with Crippen LogP contribution < -0.4 is 0 Å². The number of ketones is 2. The molecule has 0 amide bonds. The van der Waals surface area contributed by atoms with Gasteiger partial charge in [0, 0.05) is 37.2 Å². The van der Waals surface area contributed by atoms with Crippen LogP contribution in [0, 0.1) is 17.3 Å². The molecule has 4 aliphatic carbocycles. The van der Waals surface area contributed by atoms with Crippen LogP contribution in [-0.4, -0.2) is 37.2 Å². The molecule has 3 saturated carbocycles. The summed E-state index contributed by atoms with van der Waals surface area (Å²) in [6.45, 7) is 14.4. The lowest BCUT2D eigenvalue weighted by molar-refractivity contribution is -0.129. The molecule has 5 heteroatoms. The minimum absolute atomic E-state index is 0.140. The number of hydrogen-bond donors (Lipinski definition) is 1. The predicted octanol–water partition coefficient (Wildman–Crippen LogP) is 6.91. The van der Waals surface area contributed by atoms with Gasteiger partial charge in [0.25, 0.3) is 0 Å². The highest BCUT2D eigenvalue weighted by atomic mass is 28.4. The fraction of sp³-hybridized carbons (Fsp3) is 0.688. The summed E-state index contributed by atoms with van der Waals surface area (Å²) in [6, 6.07) is 8.97. The molecule has 37 heavy (non-hydrogen) atoms. The number of rotatable bonds is 5. The van der Waals surface area contributed by atoms with Crippen molar-refractivity contribution in [3.8, 4) is 0 Å². The second-order valence-electron chi connectivity index (χ2n) is 14.2. The van der Waals surface area contributed by atoms with E-state index in [9.17, 15) is 14.7 Å². The molecule has 1 aromatic carbocycles. The number of carbonyl (C=O) groups is 2. The average Bonchev–Trinajstić information content (AvgIpc) is 3.11. The van der Waals surface area contributed by atoms with E-state index in [2.05, 4.69) is 65.1 Å². The smallest absolute Gasteiger partial charge is 0.191 e. The van der Waals surface area contributed by atoms with Gasteiger partial charge in [0.1, 0.15) is 11.6 Å². The maximum atomic E-state index is 13.2. The molecule has 5 rings (SSSR count). The largest absolute Gasteiger partial charge is 0.416 e. The molecule has 0 heterocycles. The quantitative estimate of drug-likeness (QED) is 0.337. The number of fused-ring (bicyclic) bond motifs is 4.